The molecule has 0 fully saturated rings. The first-order valence-corrected chi connectivity index (χ1v) is 15.1. The Morgan fingerprint density at radius 2 is 1.15 bits per heavy atom. The van der Waals surface area contributed by atoms with E-state index in [0.717, 1.165) is 18.6 Å². The molecule has 0 N–H and O–H groups in total. The first kappa shape index (κ1) is 33.9. The van der Waals surface area contributed by atoms with Crippen LogP contribution < -0.4 is 34.3 Å². The normalized spacial score (nSPS) is 12.4. The van der Waals surface area contributed by atoms with Gasteiger partial charge in [-0.15, -0.1) is 0 Å². The summed E-state index contributed by atoms with van der Waals surface area (Å²) in [5.74, 6) is 0.431. The zero-order valence-corrected chi connectivity index (χ0v) is 25.4. The molecule has 0 heterocycles. The Labute approximate surface area is 233 Å². The maximum absolute atomic E-state index is 10.9. The maximum Gasteiger partial charge on any atom is 1.00 e. The van der Waals surface area contributed by atoms with Crippen molar-refractivity contribution in [2.75, 3.05) is 5.75 Å². The zero-order chi connectivity index (χ0) is 24.4. The fourth-order valence-corrected chi connectivity index (χ4v) is 4.88. The van der Waals surface area contributed by atoms with E-state index in [-0.39, 0.29) is 47.8 Å². The number of hydrogen-bond acceptors (Lipinski definition) is 4. The van der Waals surface area contributed by atoms with Crippen molar-refractivity contribution in [3.05, 3.63) is 29.3 Å². The van der Waals surface area contributed by atoms with Crippen LogP contribution >= 0.6 is 0 Å². The number of rotatable bonds is 21. The van der Waals surface area contributed by atoms with Gasteiger partial charge in [0.05, 0.1) is 16.2 Å². The summed E-state index contributed by atoms with van der Waals surface area (Å²) in [6.07, 6.45) is 20.2. The number of aryl methyl sites for hydroxylation is 2. The molecule has 1 aromatic rings. The van der Waals surface area contributed by atoms with E-state index < -0.39 is 10.1 Å². The standard InChI is InChI=1S/C28H50O4S.Na/c1-4-6-8-10-12-14-16-18-26-22-27(19-17-15-13-11-9-7-5-2)24-28(23-26)32-25(3)20-21-33(29,30)31;/h22-25H,4-21H2,1-3H3,(H,29,30,31);/q;+1/p-1. The Kier molecular flexibility index (Phi) is 21.0. The van der Waals surface area contributed by atoms with Gasteiger partial charge in [0.1, 0.15) is 5.75 Å². The van der Waals surface area contributed by atoms with Gasteiger partial charge >= 0.3 is 29.6 Å². The van der Waals surface area contributed by atoms with Gasteiger partial charge in [0.25, 0.3) is 0 Å². The van der Waals surface area contributed by atoms with Crippen LogP contribution in [0.2, 0.25) is 0 Å². The molecule has 1 rings (SSSR count). The predicted molar refractivity (Wildman–Crippen MR) is 139 cm³/mol. The summed E-state index contributed by atoms with van der Waals surface area (Å²) >= 11 is 0. The second-order valence-corrected chi connectivity index (χ2v) is 11.2. The molecule has 0 radical (unpaired) electrons. The number of benzene rings is 1. The average molecular weight is 505 g/mol. The molecule has 0 aliphatic rings. The molecule has 0 saturated heterocycles. The van der Waals surface area contributed by atoms with Gasteiger partial charge in [-0.25, -0.2) is 8.42 Å². The van der Waals surface area contributed by atoms with E-state index in [9.17, 15) is 13.0 Å². The van der Waals surface area contributed by atoms with Crippen LogP contribution in [0.4, 0.5) is 0 Å². The van der Waals surface area contributed by atoms with E-state index in [0.29, 0.717) is 0 Å². The van der Waals surface area contributed by atoms with Gasteiger partial charge in [-0.2, -0.15) is 0 Å². The van der Waals surface area contributed by atoms with Crippen molar-refractivity contribution < 1.29 is 47.3 Å². The molecule has 192 valence electrons. The molecule has 0 aliphatic heterocycles. The van der Waals surface area contributed by atoms with E-state index in [1.54, 1.807) is 0 Å². The summed E-state index contributed by atoms with van der Waals surface area (Å²) in [5, 5.41) is 0. The van der Waals surface area contributed by atoms with Crippen LogP contribution in [0.25, 0.3) is 0 Å². The molecule has 6 heteroatoms. The Morgan fingerprint density at radius 3 is 1.56 bits per heavy atom. The molecule has 0 saturated carbocycles. The smallest absolute Gasteiger partial charge is 0.748 e. The SMILES string of the molecule is CCCCCCCCCc1cc(CCCCCCCCC)cc(OC(C)CCS(=O)(=O)[O-])c1.[Na+]. The number of ether oxygens (including phenoxy) is 1. The Morgan fingerprint density at radius 1 is 0.735 bits per heavy atom. The zero-order valence-electron chi connectivity index (χ0n) is 22.6. The van der Waals surface area contributed by atoms with Gasteiger partial charge in [-0.3, -0.25) is 0 Å². The summed E-state index contributed by atoms with van der Waals surface area (Å²) < 4.78 is 38.9. The topological polar surface area (TPSA) is 66.4 Å². The molecule has 1 atom stereocenters. The molecule has 1 unspecified atom stereocenters. The van der Waals surface area contributed by atoms with Crippen molar-refractivity contribution in [2.24, 2.45) is 0 Å². The van der Waals surface area contributed by atoms with Crippen LogP contribution in [0.15, 0.2) is 18.2 Å². The molecular weight excluding hydrogens is 455 g/mol. The van der Waals surface area contributed by atoms with Crippen LogP contribution in [0, 0.1) is 0 Å². The fourth-order valence-electron chi connectivity index (χ4n) is 4.26. The minimum Gasteiger partial charge on any atom is -0.748 e. The molecular formula is C28H49NaO4S. The van der Waals surface area contributed by atoms with Crippen molar-refractivity contribution in [2.45, 2.75) is 136 Å². The summed E-state index contributed by atoms with van der Waals surface area (Å²) in [7, 11) is -4.20. The third-order valence-electron chi connectivity index (χ3n) is 6.28. The largest absolute Gasteiger partial charge is 1.00 e. The van der Waals surface area contributed by atoms with Crippen molar-refractivity contribution in [3.8, 4) is 5.75 Å². The Hall–Kier alpha value is -0.0700. The summed E-state index contributed by atoms with van der Waals surface area (Å²) in [6, 6.07) is 6.54. The van der Waals surface area contributed by atoms with Crippen LogP contribution in [-0.4, -0.2) is 24.8 Å². The molecule has 34 heavy (non-hydrogen) atoms. The van der Waals surface area contributed by atoms with Crippen LogP contribution in [0.1, 0.15) is 128 Å². The minimum atomic E-state index is -4.20. The van der Waals surface area contributed by atoms with Crippen molar-refractivity contribution in [1.82, 2.24) is 0 Å². The van der Waals surface area contributed by atoms with Crippen molar-refractivity contribution in [3.63, 3.8) is 0 Å². The van der Waals surface area contributed by atoms with Gasteiger partial charge in [0.15, 0.2) is 0 Å². The molecule has 4 nitrogen and oxygen atoms in total. The van der Waals surface area contributed by atoms with E-state index in [1.807, 2.05) is 6.92 Å². The van der Waals surface area contributed by atoms with Gasteiger partial charge in [-0.1, -0.05) is 97.0 Å². The third-order valence-corrected chi connectivity index (χ3v) is 7.01. The monoisotopic (exact) mass is 504 g/mol. The average Bonchev–Trinajstić information content (AvgIpc) is 2.76. The van der Waals surface area contributed by atoms with E-state index in [2.05, 4.69) is 32.0 Å². The van der Waals surface area contributed by atoms with Crippen LogP contribution in [0.3, 0.4) is 0 Å². The van der Waals surface area contributed by atoms with Gasteiger partial charge < -0.3 is 9.29 Å². The maximum atomic E-state index is 10.9. The molecule has 0 amide bonds. The summed E-state index contributed by atoms with van der Waals surface area (Å²) in [6.45, 7) is 6.34. The first-order valence-electron chi connectivity index (χ1n) is 13.6. The number of unbranched alkanes of at least 4 members (excludes halogenated alkanes) is 12. The van der Waals surface area contributed by atoms with E-state index >= 15 is 0 Å². The summed E-state index contributed by atoms with van der Waals surface area (Å²) in [4.78, 5) is 0. The van der Waals surface area contributed by atoms with Crippen LogP contribution in [0.5, 0.6) is 5.75 Å². The van der Waals surface area contributed by atoms with E-state index in [1.165, 1.54) is 101 Å². The van der Waals surface area contributed by atoms with Crippen molar-refractivity contribution >= 4 is 10.1 Å². The van der Waals surface area contributed by atoms with Gasteiger partial charge in [0, 0.05) is 5.75 Å². The third kappa shape index (κ3) is 19.2. The Bertz CT molecular complexity index is 685. The van der Waals surface area contributed by atoms with Gasteiger partial charge in [0.2, 0.25) is 0 Å². The second kappa shape index (κ2) is 21.1. The predicted octanol–water partition coefficient (Wildman–Crippen LogP) is 4.98. The molecule has 1 aromatic carbocycles. The summed E-state index contributed by atoms with van der Waals surface area (Å²) in [5.41, 5.74) is 2.62. The Balaban J connectivity index is 0.0000109. The van der Waals surface area contributed by atoms with E-state index in [4.69, 9.17) is 4.74 Å². The fraction of sp³-hybridized carbons (Fsp3) is 0.786. The van der Waals surface area contributed by atoms with Crippen molar-refractivity contribution in [1.29, 1.82) is 0 Å². The first-order chi connectivity index (χ1) is 15.8. The molecule has 0 bridgehead atoms. The second-order valence-electron chi connectivity index (χ2n) is 9.71. The van der Waals surface area contributed by atoms with Gasteiger partial charge in [-0.05, 0) is 62.3 Å². The molecule has 0 spiro atoms. The molecule has 0 aromatic heterocycles. The van der Waals surface area contributed by atoms with Crippen LogP contribution in [-0.2, 0) is 23.0 Å². The number of hydrogen-bond donors (Lipinski definition) is 0. The minimum absolute atomic E-state index is 0. The molecule has 0 aliphatic carbocycles. The quantitative estimate of drug-likeness (QED) is 0.135.